The number of aromatic hydroxyl groups is 2. The van der Waals surface area contributed by atoms with Crippen LogP contribution in [0.25, 0.3) is 12.2 Å². The Morgan fingerprint density at radius 3 is 1.94 bits per heavy atom. The second-order valence-electron chi connectivity index (χ2n) is 4.42. The number of phenolic OH excluding ortho intramolecular Hbond substituents is 2. The van der Waals surface area contributed by atoms with E-state index in [0.29, 0.717) is 0 Å². The summed E-state index contributed by atoms with van der Waals surface area (Å²) >= 11 is 0. The standard InChI is InChI=1S/C16H16O2/c1-11-4-3-5-12(2)16(11)7-6-13-8-14(17)10-15(18)9-13/h3-10,17-18H,1-2H3/b7-6+. The zero-order valence-corrected chi connectivity index (χ0v) is 10.5. The smallest absolute Gasteiger partial charge is 0.119 e. The van der Waals surface area contributed by atoms with Gasteiger partial charge >= 0.3 is 0 Å². The van der Waals surface area contributed by atoms with E-state index in [1.54, 1.807) is 12.1 Å². The summed E-state index contributed by atoms with van der Waals surface area (Å²) < 4.78 is 0. The number of phenols is 2. The monoisotopic (exact) mass is 240 g/mol. The molecule has 0 spiro atoms. The molecule has 2 rings (SSSR count). The van der Waals surface area contributed by atoms with Gasteiger partial charge in [-0.05, 0) is 48.2 Å². The van der Waals surface area contributed by atoms with E-state index in [1.165, 1.54) is 22.8 Å². The maximum atomic E-state index is 9.41. The zero-order valence-electron chi connectivity index (χ0n) is 10.5. The highest BCUT2D eigenvalue weighted by Gasteiger charge is 1.99. The lowest BCUT2D eigenvalue weighted by atomic mass is 10.0. The van der Waals surface area contributed by atoms with Crippen LogP contribution in [0.3, 0.4) is 0 Å². The van der Waals surface area contributed by atoms with Crippen LogP contribution in [0.5, 0.6) is 11.5 Å². The molecule has 0 heterocycles. The molecule has 0 unspecified atom stereocenters. The van der Waals surface area contributed by atoms with Crippen molar-refractivity contribution in [2.45, 2.75) is 13.8 Å². The van der Waals surface area contributed by atoms with E-state index in [4.69, 9.17) is 0 Å². The molecular formula is C16H16O2. The first-order valence-corrected chi connectivity index (χ1v) is 5.83. The number of hydrogen-bond acceptors (Lipinski definition) is 2. The molecular weight excluding hydrogens is 224 g/mol. The van der Waals surface area contributed by atoms with Crippen LogP contribution in [0.1, 0.15) is 22.3 Å². The van der Waals surface area contributed by atoms with Crippen molar-refractivity contribution >= 4 is 12.2 Å². The molecule has 0 saturated heterocycles. The lowest BCUT2D eigenvalue weighted by Gasteiger charge is -2.04. The Morgan fingerprint density at radius 2 is 1.39 bits per heavy atom. The van der Waals surface area contributed by atoms with Gasteiger partial charge < -0.3 is 10.2 Å². The predicted molar refractivity (Wildman–Crippen MR) is 74.6 cm³/mol. The Hall–Kier alpha value is -2.22. The van der Waals surface area contributed by atoms with Crippen molar-refractivity contribution in [2.24, 2.45) is 0 Å². The van der Waals surface area contributed by atoms with Crippen LogP contribution >= 0.6 is 0 Å². The summed E-state index contributed by atoms with van der Waals surface area (Å²) in [4.78, 5) is 0. The average Bonchev–Trinajstić information content (AvgIpc) is 2.27. The number of benzene rings is 2. The second-order valence-corrected chi connectivity index (χ2v) is 4.42. The molecule has 0 amide bonds. The predicted octanol–water partition coefficient (Wildman–Crippen LogP) is 3.89. The molecule has 2 aromatic rings. The molecule has 18 heavy (non-hydrogen) atoms. The fourth-order valence-electron chi connectivity index (χ4n) is 1.98. The van der Waals surface area contributed by atoms with E-state index in [0.717, 1.165) is 5.56 Å². The number of aryl methyl sites for hydroxylation is 2. The molecule has 0 radical (unpaired) electrons. The summed E-state index contributed by atoms with van der Waals surface area (Å²) in [5.41, 5.74) is 4.35. The maximum Gasteiger partial charge on any atom is 0.119 e. The van der Waals surface area contributed by atoms with Crippen molar-refractivity contribution in [3.05, 3.63) is 58.7 Å². The lowest BCUT2D eigenvalue weighted by Crippen LogP contribution is -1.84. The van der Waals surface area contributed by atoms with Crippen LogP contribution in [0.2, 0.25) is 0 Å². The summed E-state index contributed by atoms with van der Waals surface area (Å²) in [6, 6.07) is 10.7. The van der Waals surface area contributed by atoms with Crippen molar-refractivity contribution < 1.29 is 10.2 Å². The lowest BCUT2D eigenvalue weighted by molar-refractivity contribution is 0.450. The van der Waals surface area contributed by atoms with E-state index in [2.05, 4.69) is 26.0 Å². The van der Waals surface area contributed by atoms with Gasteiger partial charge in [0.15, 0.2) is 0 Å². The van der Waals surface area contributed by atoms with Gasteiger partial charge in [0.1, 0.15) is 11.5 Å². The van der Waals surface area contributed by atoms with E-state index in [1.807, 2.05) is 18.2 Å². The molecule has 0 atom stereocenters. The van der Waals surface area contributed by atoms with Gasteiger partial charge in [0.2, 0.25) is 0 Å². The van der Waals surface area contributed by atoms with Gasteiger partial charge in [0, 0.05) is 6.07 Å². The zero-order chi connectivity index (χ0) is 13.1. The molecule has 0 bridgehead atoms. The minimum atomic E-state index is 0.0659. The molecule has 0 fully saturated rings. The average molecular weight is 240 g/mol. The fourth-order valence-corrected chi connectivity index (χ4v) is 1.98. The Morgan fingerprint density at radius 1 is 0.833 bits per heavy atom. The highest BCUT2D eigenvalue weighted by molar-refractivity contribution is 5.73. The first-order valence-electron chi connectivity index (χ1n) is 5.83. The first-order chi connectivity index (χ1) is 8.56. The van der Waals surface area contributed by atoms with Crippen LogP contribution < -0.4 is 0 Å². The van der Waals surface area contributed by atoms with Crippen LogP contribution in [0.4, 0.5) is 0 Å². The van der Waals surface area contributed by atoms with Crippen molar-refractivity contribution in [3.63, 3.8) is 0 Å². The number of hydrogen-bond donors (Lipinski definition) is 2. The normalized spacial score (nSPS) is 11.0. The molecule has 2 aromatic carbocycles. The minimum Gasteiger partial charge on any atom is -0.508 e. The van der Waals surface area contributed by atoms with Gasteiger partial charge in [0.25, 0.3) is 0 Å². The highest BCUT2D eigenvalue weighted by atomic mass is 16.3. The summed E-state index contributed by atoms with van der Waals surface area (Å²) in [6.45, 7) is 4.12. The van der Waals surface area contributed by atoms with E-state index >= 15 is 0 Å². The van der Waals surface area contributed by atoms with Gasteiger partial charge in [-0.25, -0.2) is 0 Å². The summed E-state index contributed by atoms with van der Waals surface area (Å²) in [7, 11) is 0. The van der Waals surface area contributed by atoms with Crippen molar-refractivity contribution in [1.82, 2.24) is 0 Å². The third-order valence-electron chi connectivity index (χ3n) is 2.91. The molecule has 0 aliphatic carbocycles. The van der Waals surface area contributed by atoms with Gasteiger partial charge in [-0.15, -0.1) is 0 Å². The Kier molecular flexibility index (Phi) is 3.38. The molecule has 2 heteroatoms. The minimum absolute atomic E-state index is 0.0659. The highest BCUT2D eigenvalue weighted by Crippen LogP contribution is 2.23. The van der Waals surface area contributed by atoms with Gasteiger partial charge in [0.05, 0.1) is 0 Å². The van der Waals surface area contributed by atoms with Crippen LogP contribution in [-0.4, -0.2) is 10.2 Å². The Balaban J connectivity index is 2.36. The summed E-state index contributed by atoms with van der Waals surface area (Å²) in [5, 5.41) is 18.8. The molecule has 2 N–H and O–H groups in total. The fraction of sp³-hybridized carbons (Fsp3) is 0.125. The summed E-state index contributed by atoms with van der Waals surface area (Å²) in [5.74, 6) is 0.132. The molecule has 0 aliphatic heterocycles. The molecule has 92 valence electrons. The molecule has 0 saturated carbocycles. The quantitative estimate of drug-likeness (QED) is 0.782. The largest absolute Gasteiger partial charge is 0.508 e. The molecule has 0 aromatic heterocycles. The molecule has 0 aliphatic rings. The Labute approximate surface area is 107 Å². The van der Waals surface area contributed by atoms with Crippen molar-refractivity contribution in [2.75, 3.05) is 0 Å². The maximum absolute atomic E-state index is 9.41. The SMILES string of the molecule is Cc1cccc(C)c1/C=C/c1cc(O)cc(O)c1. The van der Waals surface area contributed by atoms with E-state index in [-0.39, 0.29) is 11.5 Å². The number of rotatable bonds is 2. The van der Waals surface area contributed by atoms with Crippen molar-refractivity contribution in [3.8, 4) is 11.5 Å². The van der Waals surface area contributed by atoms with E-state index < -0.39 is 0 Å². The third-order valence-corrected chi connectivity index (χ3v) is 2.91. The topological polar surface area (TPSA) is 40.5 Å². The van der Waals surface area contributed by atoms with Gasteiger partial charge in [-0.3, -0.25) is 0 Å². The molecule has 2 nitrogen and oxygen atoms in total. The Bertz CT molecular complexity index is 558. The third kappa shape index (κ3) is 2.72. The van der Waals surface area contributed by atoms with Gasteiger partial charge in [-0.2, -0.15) is 0 Å². The van der Waals surface area contributed by atoms with E-state index in [9.17, 15) is 10.2 Å². The van der Waals surface area contributed by atoms with Crippen LogP contribution in [0, 0.1) is 13.8 Å². The van der Waals surface area contributed by atoms with Crippen molar-refractivity contribution in [1.29, 1.82) is 0 Å². The van der Waals surface area contributed by atoms with Crippen LogP contribution in [-0.2, 0) is 0 Å². The van der Waals surface area contributed by atoms with Crippen LogP contribution in [0.15, 0.2) is 36.4 Å². The van der Waals surface area contributed by atoms with Gasteiger partial charge in [-0.1, -0.05) is 30.4 Å². The second kappa shape index (κ2) is 4.96. The summed E-state index contributed by atoms with van der Waals surface area (Å²) in [6.07, 6.45) is 3.88. The first kappa shape index (κ1) is 12.2.